The lowest BCUT2D eigenvalue weighted by Crippen LogP contribution is -2.26. The molecule has 0 fully saturated rings. The van der Waals surface area contributed by atoms with Gasteiger partial charge in [-0.05, 0) is 19.9 Å². The van der Waals surface area contributed by atoms with Crippen molar-refractivity contribution in [1.82, 2.24) is 0 Å². The summed E-state index contributed by atoms with van der Waals surface area (Å²) in [7, 11) is 0. The minimum atomic E-state index is -0.833. The Labute approximate surface area is 66.0 Å². The third-order valence-electron chi connectivity index (χ3n) is 1.65. The highest BCUT2D eigenvalue weighted by Gasteiger charge is 2.26. The monoisotopic (exact) mass is 158 g/mol. The Morgan fingerprint density at radius 2 is 2.20 bits per heavy atom. The van der Waals surface area contributed by atoms with E-state index < -0.39 is 5.60 Å². The summed E-state index contributed by atoms with van der Waals surface area (Å²) in [5.41, 5.74) is 0.329. The molecule has 0 radical (unpaired) electrons. The first-order chi connectivity index (χ1) is 4.52. The number of allylic oxidation sites excluding steroid dienone is 2. The molecule has 0 spiro atoms. The maximum Gasteiger partial charge on any atom is 0.101 e. The van der Waals surface area contributed by atoms with Crippen LogP contribution in [0.4, 0.5) is 0 Å². The lowest BCUT2D eigenvalue weighted by molar-refractivity contribution is 0.106. The lowest BCUT2D eigenvalue weighted by Gasteiger charge is -2.25. The van der Waals surface area contributed by atoms with Crippen LogP contribution in [0.1, 0.15) is 20.3 Å². The minimum Gasteiger partial charge on any atom is -0.384 e. The Kier molecular flexibility index (Phi) is 1.88. The molecule has 1 atom stereocenters. The maximum absolute atomic E-state index is 9.57. The molecule has 0 aromatic carbocycles. The minimum absolute atomic E-state index is 0.526. The Morgan fingerprint density at radius 1 is 1.60 bits per heavy atom. The summed E-state index contributed by atoms with van der Waals surface area (Å²) < 4.78 is 0. The van der Waals surface area contributed by atoms with Crippen LogP contribution >= 0.6 is 11.6 Å². The topological polar surface area (TPSA) is 20.2 Å². The summed E-state index contributed by atoms with van der Waals surface area (Å²) in [4.78, 5) is 0. The highest BCUT2D eigenvalue weighted by molar-refractivity contribution is 6.30. The Bertz CT molecular complexity index is 201. The second-order valence-electron chi connectivity index (χ2n) is 2.98. The summed E-state index contributed by atoms with van der Waals surface area (Å²) in [6, 6.07) is 0. The Morgan fingerprint density at radius 3 is 2.60 bits per heavy atom. The number of hydrogen-bond donors (Lipinski definition) is 1. The smallest absolute Gasteiger partial charge is 0.101 e. The average molecular weight is 159 g/mol. The second-order valence-corrected chi connectivity index (χ2v) is 3.39. The number of aliphatic hydroxyl groups is 1. The van der Waals surface area contributed by atoms with E-state index in [1.165, 1.54) is 0 Å². The molecule has 0 saturated heterocycles. The molecule has 10 heavy (non-hydrogen) atoms. The van der Waals surface area contributed by atoms with E-state index in [0.29, 0.717) is 11.5 Å². The van der Waals surface area contributed by atoms with Gasteiger partial charge in [-0.15, -0.1) is 0 Å². The van der Waals surface area contributed by atoms with Crippen molar-refractivity contribution in [2.24, 2.45) is 0 Å². The predicted molar refractivity (Wildman–Crippen MR) is 42.9 cm³/mol. The SMILES string of the molecule is CC1=CC=C(Cl)C(C)(O)C1. The van der Waals surface area contributed by atoms with Crippen molar-refractivity contribution in [2.75, 3.05) is 0 Å². The van der Waals surface area contributed by atoms with Gasteiger partial charge in [-0.25, -0.2) is 0 Å². The molecule has 0 aromatic rings. The molecule has 0 aliphatic heterocycles. The summed E-state index contributed by atoms with van der Waals surface area (Å²) in [5, 5.41) is 10.1. The molecule has 0 heterocycles. The Balaban J connectivity index is 2.89. The van der Waals surface area contributed by atoms with E-state index in [1.807, 2.05) is 13.0 Å². The van der Waals surface area contributed by atoms with Crippen LogP contribution in [0.3, 0.4) is 0 Å². The molecule has 0 bridgehead atoms. The molecule has 1 rings (SSSR count). The van der Waals surface area contributed by atoms with E-state index in [9.17, 15) is 5.11 Å². The molecule has 1 aliphatic carbocycles. The fourth-order valence-electron chi connectivity index (χ4n) is 1.08. The van der Waals surface area contributed by atoms with Crippen LogP contribution in [0.2, 0.25) is 0 Å². The molecule has 0 aromatic heterocycles. The number of rotatable bonds is 0. The molecule has 1 unspecified atom stereocenters. The van der Waals surface area contributed by atoms with Gasteiger partial charge in [0.2, 0.25) is 0 Å². The van der Waals surface area contributed by atoms with Gasteiger partial charge in [0.15, 0.2) is 0 Å². The van der Waals surface area contributed by atoms with Crippen molar-refractivity contribution in [1.29, 1.82) is 0 Å². The van der Waals surface area contributed by atoms with E-state index >= 15 is 0 Å². The molecule has 56 valence electrons. The second kappa shape index (κ2) is 2.40. The van der Waals surface area contributed by atoms with Crippen LogP contribution in [-0.4, -0.2) is 10.7 Å². The van der Waals surface area contributed by atoms with Gasteiger partial charge in [-0.3, -0.25) is 0 Å². The van der Waals surface area contributed by atoms with Gasteiger partial charge >= 0.3 is 0 Å². The molecule has 1 nitrogen and oxygen atoms in total. The van der Waals surface area contributed by atoms with Gasteiger partial charge in [0.1, 0.15) is 5.60 Å². The molecular weight excluding hydrogens is 148 g/mol. The van der Waals surface area contributed by atoms with Crippen molar-refractivity contribution >= 4 is 11.6 Å². The van der Waals surface area contributed by atoms with Crippen molar-refractivity contribution < 1.29 is 5.11 Å². The van der Waals surface area contributed by atoms with Crippen molar-refractivity contribution in [3.05, 3.63) is 22.8 Å². The molecule has 0 saturated carbocycles. The van der Waals surface area contributed by atoms with Gasteiger partial charge in [-0.2, -0.15) is 0 Å². The summed E-state index contributed by atoms with van der Waals surface area (Å²) in [5.74, 6) is 0. The number of hydrogen-bond acceptors (Lipinski definition) is 1. The molecule has 0 amide bonds. The van der Waals surface area contributed by atoms with Crippen LogP contribution < -0.4 is 0 Å². The van der Waals surface area contributed by atoms with E-state index in [1.54, 1.807) is 13.0 Å². The van der Waals surface area contributed by atoms with E-state index in [2.05, 4.69) is 0 Å². The van der Waals surface area contributed by atoms with Gasteiger partial charge in [-0.1, -0.05) is 23.3 Å². The third-order valence-corrected chi connectivity index (χ3v) is 2.18. The summed E-state index contributed by atoms with van der Waals surface area (Å²) in [6.07, 6.45) is 4.32. The first-order valence-electron chi connectivity index (χ1n) is 3.28. The standard InChI is InChI=1S/C8H11ClO/c1-6-3-4-7(9)8(2,10)5-6/h3-4,10H,5H2,1-2H3. The zero-order chi connectivity index (χ0) is 7.78. The average Bonchev–Trinajstić information content (AvgIpc) is 1.78. The van der Waals surface area contributed by atoms with Crippen molar-refractivity contribution in [3.8, 4) is 0 Å². The van der Waals surface area contributed by atoms with Gasteiger partial charge in [0, 0.05) is 11.5 Å². The van der Waals surface area contributed by atoms with E-state index in [4.69, 9.17) is 11.6 Å². The van der Waals surface area contributed by atoms with Gasteiger partial charge < -0.3 is 5.11 Å². The van der Waals surface area contributed by atoms with Crippen LogP contribution in [-0.2, 0) is 0 Å². The summed E-state index contributed by atoms with van der Waals surface area (Å²) in [6.45, 7) is 3.70. The fourth-order valence-corrected chi connectivity index (χ4v) is 1.21. The van der Waals surface area contributed by atoms with Gasteiger partial charge in [0.25, 0.3) is 0 Å². The summed E-state index contributed by atoms with van der Waals surface area (Å²) >= 11 is 5.74. The molecule has 2 heteroatoms. The highest BCUT2D eigenvalue weighted by Crippen LogP contribution is 2.30. The predicted octanol–water partition coefficient (Wildman–Crippen LogP) is 2.21. The fraction of sp³-hybridized carbons (Fsp3) is 0.500. The zero-order valence-corrected chi connectivity index (χ0v) is 6.94. The number of halogens is 1. The van der Waals surface area contributed by atoms with E-state index in [0.717, 1.165) is 5.57 Å². The highest BCUT2D eigenvalue weighted by atomic mass is 35.5. The first kappa shape index (κ1) is 7.83. The van der Waals surface area contributed by atoms with Gasteiger partial charge in [0.05, 0.1) is 0 Å². The largest absolute Gasteiger partial charge is 0.384 e. The maximum atomic E-state index is 9.57. The quantitative estimate of drug-likeness (QED) is 0.573. The molecule has 1 aliphatic rings. The first-order valence-corrected chi connectivity index (χ1v) is 3.66. The zero-order valence-electron chi connectivity index (χ0n) is 6.19. The Hall–Kier alpha value is -0.270. The van der Waals surface area contributed by atoms with Crippen LogP contribution in [0.5, 0.6) is 0 Å². The van der Waals surface area contributed by atoms with Crippen LogP contribution in [0.25, 0.3) is 0 Å². The molecular formula is C8H11ClO. The van der Waals surface area contributed by atoms with Crippen molar-refractivity contribution in [3.63, 3.8) is 0 Å². The van der Waals surface area contributed by atoms with Crippen LogP contribution in [0.15, 0.2) is 22.8 Å². The van der Waals surface area contributed by atoms with Crippen LogP contribution in [0, 0.1) is 0 Å². The van der Waals surface area contributed by atoms with E-state index in [-0.39, 0.29) is 0 Å². The van der Waals surface area contributed by atoms with Crippen molar-refractivity contribution in [2.45, 2.75) is 25.9 Å². The molecule has 1 N–H and O–H groups in total. The lowest BCUT2D eigenvalue weighted by atomic mass is 9.92. The third kappa shape index (κ3) is 1.41. The normalized spacial score (nSPS) is 33.2.